The van der Waals surface area contributed by atoms with Gasteiger partial charge in [-0.3, -0.25) is 9.59 Å². The van der Waals surface area contributed by atoms with Crippen molar-refractivity contribution in [3.63, 3.8) is 0 Å². The van der Waals surface area contributed by atoms with E-state index in [0.717, 1.165) is 25.9 Å². The van der Waals surface area contributed by atoms with Crippen molar-refractivity contribution in [1.29, 1.82) is 0 Å². The van der Waals surface area contributed by atoms with Crippen LogP contribution in [0.2, 0.25) is 0 Å². The number of aryl methyl sites for hydroxylation is 1. The third-order valence-electron chi connectivity index (χ3n) is 3.89. The molecule has 0 aliphatic carbocycles. The monoisotopic (exact) mass is 278 g/mol. The number of nitrogens with zero attached hydrogens (tertiary/aromatic N) is 2. The Balaban J connectivity index is 1.76. The maximum Gasteiger partial charge on any atom is 0.303 e. The van der Waals surface area contributed by atoms with E-state index in [0.29, 0.717) is 25.3 Å². The molecule has 2 heterocycles. The van der Waals surface area contributed by atoms with Gasteiger partial charge in [0.25, 0.3) is 0 Å². The zero-order valence-corrected chi connectivity index (χ0v) is 11.7. The van der Waals surface area contributed by atoms with Crippen molar-refractivity contribution < 1.29 is 14.7 Å². The molecule has 0 aromatic carbocycles. The lowest BCUT2D eigenvalue weighted by Crippen LogP contribution is -2.40. The highest BCUT2D eigenvalue weighted by atomic mass is 16.4. The summed E-state index contributed by atoms with van der Waals surface area (Å²) in [5, 5.41) is 8.73. The normalized spacial score (nSPS) is 19.0. The lowest BCUT2D eigenvalue weighted by Gasteiger charge is -2.32. The molecule has 0 radical (unpaired) electrons. The molecule has 2 rings (SSSR count). The Labute approximate surface area is 119 Å². The summed E-state index contributed by atoms with van der Waals surface area (Å²) in [6.45, 7) is 2.24. The predicted molar refractivity (Wildman–Crippen MR) is 75.2 cm³/mol. The number of hydrogen-bond acceptors (Lipinski definition) is 2. The van der Waals surface area contributed by atoms with Crippen molar-refractivity contribution in [3.8, 4) is 0 Å². The largest absolute Gasteiger partial charge is 0.481 e. The van der Waals surface area contributed by atoms with Gasteiger partial charge >= 0.3 is 5.97 Å². The van der Waals surface area contributed by atoms with Gasteiger partial charge in [-0.2, -0.15) is 0 Å². The lowest BCUT2D eigenvalue weighted by molar-refractivity contribution is -0.137. The molecule has 5 nitrogen and oxygen atoms in total. The van der Waals surface area contributed by atoms with Gasteiger partial charge in [0.2, 0.25) is 5.91 Å². The number of rotatable bonds is 6. The molecule has 5 heteroatoms. The van der Waals surface area contributed by atoms with Crippen LogP contribution in [0.25, 0.3) is 0 Å². The maximum absolute atomic E-state index is 12.2. The summed E-state index contributed by atoms with van der Waals surface area (Å²) >= 11 is 0. The summed E-state index contributed by atoms with van der Waals surface area (Å²) in [5.74, 6) is -0.227. The Bertz CT molecular complexity index is 442. The number of carboxylic acids is 1. The molecule has 20 heavy (non-hydrogen) atoms. The van der Waals surface area contributed by atoms with Gasteiger partial charge in [-0.05, 0) is 37.3 Å². The quantitative estimate of drug-likeness (QED) is 0.865. The third-order valence-corrected chi connectivity index (χ3v) is 3.89. The van der Waals surface area contributed by atoms with E-state index in [4.69, 9.17) is 5.11 Å². The summed E-state index contributed by atoms with van der Waals surface area (Å²) < 4.78 is 2.00. The van der Waals surface area contributed by atoms with Crippen LogP contribution in [0.1, 0.15) is 32.1 Å². The molecule has 110 valence electrons. The van der Waals surface area contributed by atoms with Crippen LogP contribution in [0.5, 0.6) is 0 Å². The second-order valence-corrected chi connectivity index (χ2v) is 5.45. The van der Waals surface area contributed by atoms with E-state index in [-0.39, 0.29) is 12.3 Å². The second-order valence-electron chi connectivity index (χ2n) is 5.45. The van der Waals surface area contributed by atoms with Crippen molar-refractivity contribution in [1.82, 2.24) is 9.47 Å². The minimum Gasteiger partial charge on any atom is -0.481 e. The van der Waals surface area contributed by atoms with Gasteiger partial charge in [-0.25, -0.2) is 0 Å². The molecule has 1 atom stereocenters. The third kappa shape index (κ3) is 4.40. The van der Waals surface area contributed by atoms with Crippen LogP contribution in [0.4, 0.5) is 0 Å². The number of piperidine rings is 1. The number of hydrogen-bond donors (Lipinski definition) is 1. The molecule has 0 saturated carbocycles. The maximum atomic E-state index is 12.2. The van der Waals surface area contributed by atoms with Gasteiger partial charge in [-0.1, -0.05) is 0 Å². The average Bonchev–Trinajstić information content (AvgIpc) is 2.96. The molecular weight excluding hydrogens is 256 g/mol. The fourth-order valence-electron chi connectivity index (χ4n) is 2.76. The fraction of sp³-hybridized carbons (Fsp3) is 0.600. The Morgan fingerprint density at radius 2 is 1.95 bits per heavy atom. The summed E-state index contributed by atoms with van der Waals surface area (Å²) in [7, 11) is 0. The number of likely N-dealkylation sites (tertiary alicyclic amines) is 1. The predicted octanol–water partition coefficient (Wildman–Crippen LogP) is 1.98. The van der Waals surface area contributed by atoms with E-state index in [2.05, 4.69) is 0 Å². The average molecular weight is 278 g/mol. The molecular formula is C15H22N2O3. The first-order chi connectivity index (χ1) is 9.65. The van der Waals surface area contributed by atoms with E-state index in [1.165, 1.54) is 0 Å². The Kier molecular flexibility index (Phi) is 5.21. The number of amides is 1. The zero-order chi connectivity index (χ0) is 14.4. The molecule has 1 unspecified atom stereocenters. The molecule has 1 aliphatic heterocycles. The van der Waals surface area contributed by atoms with Gasteiger partial charge in [0.15, 0.2) is 0 Å². The van der Waals surface area contributed by atoms with Crippen molar-refractivity contribution in [3.05, 3.63) is 24.5 Å². The highest BCUT2D eigenvalue weighted by Crippen LogP contribution is 2.21. The number of aromatic nitrogens is 1. The summed E-state index contributed by atoms with van der Waals surface area (Å²) in [6, 6.07) is 3.90. The van der Waals surface area contributed by atoms with E-state index in [1.54, 1.807) is 0 Å². The first kappa shape index (κ1) is 14.6. The second kappa shape index (κ2) is 7.12. The Morgan fingerprint density at radius 1 is 1.20 bits per heavy atom. The highest BCUT2D eigenvalue weighted by Gasteiger charge is 2.23. The van der Waals surface area contributed by atoms with Crippen molar-refractivity contribution in [2.45, 2.75) is 38.6 Å². The summed E-state index contributed by atoms with van der Waals surface area (Å²) in [6.07, 6.45) is 7.33. The van der Waals surface area contributed by atoms with Crippen LogP contribution >= 0.6 is 0 Å². The van der Waals surface area contributed by atoms with Gasteiger partial charge in [-0.15, -0.1) is 0 Å². The van der Waals surface area contributed by atoms with Crippen molar-refractivity contribution >= 4 is 11.9 Å². The topological polar surface area (TPSA) is 62.5 Å². The minimum absolute atomic E-state index is 0.179. The molecule has 1 aliphatic rings. The smallest absolute Gasteiger partial charge is 0.303 e. The van der Waals surface area contributed by atoms with Crippen molar-refractivity contribution in [2.24, 2.45) is 5.92 Å². The van der Waals surface area contributed by atoms with Crippen LogP contribution in [-0.2, 0) is 16.1 Å². The first-order valence-electron chi connectivity index (χ1n) is 7.25. The van der Waals surface area contributed by atoms with Crippen LogP contribution in [0.3, 0.4) is 0 Å². The SMILES string of the molecule is O=C(O)CCC1CCCN(C(=O)CCn2cccc2)C1. The van der Waals surface area contributed by atoms with Crippen LogP contribution in [0, 0.1) is 5.92 Å². The number of carbonyl (C=O) groups excluding carboxylic acids is 1. The number of aliphatic carboxylic acids is 1. The van der Waals surface area contributed by atoms with Gasteiger partial charge in [0.1, 0.15) is 0 Å². The van der Waals surface area contributed by atoms with E-state index < -0.39 is 5.97 Å². The molecule has 1 N–H and O–H groups in total. The number of carboxylic acid groups (broad SMARTS) is 1. The van der Waals surface area contributed by atoms with Gasteiger partial charge in [0, 0.05) is 44.9 Å². The first-order valence-corrected chi connectivity index (χ1v) is 7.25. The molecule has 1 fully saturated rings. The van der Waals surface area contributed by atoms with E-state index in [9.17, 15) is 9.59 Å². The van der Waals surface area contributed by atoms with E-state index >= 15 is 0 Å². The molecule has 1 aromatic rings. The Hall–Kier alpha value is -1.78. The standard InChI is InChI=1S/C15H22N2O3/c18-14(7-11-16-8-1-2-9-16)17-10-3-4-13(12-17)5-6-15(19)20/h1-2,8-9,13H,3-7,10-12H2,(H,19,20). The molecule has 1 saturated heterocycles. The summed E-state index contributed by atoms with van der Waals surface area (Å²) in [4.78, 5) is 24.7. The molecule has 0 bridgehead atoms. The van der Waals surface area contributed by atoms with Crippen molar-refractivity contribution in [2.75, 3.05) is 13.1 Å². The molecule has 0 spiro atoms. The van der Waals surface area contributed by atoms with Crippen LogP contribution in [-0.4, -0.2) is 39.5 Å². The fourth-order valence-corrected chi connectivity index (χ4v) is 2.76. The van der Waals surface area contributed by atoms with Gasteiger partial charge in [0.05, 0.1) is 0 Å². The lowest BCUT2D eigenvalue weighted by atomic mass is 9.93. The van der Waals surface area contributed by atoms with Crippen LogP contribution in [0.15, 0.2) is 24.5 Å². The van der Waals surface area contributed by atoms with E-state index in [1.807, 2.05) is 34.0 Å². The Morgan fingerprint density at radius 3 is 2.65 bits per heavy atom. The van der Waals surface area contributed by atoms with Gasteiger partial charge < -0.3 is 14.6 Å². The summed E-state index contributed by atoms with van der Waals surface area (Å²) in [5.41, 5.74) is 0. The highest BCUT2D eigenvalue weighted by molar-refractivity contribution is 5.76. The zero-order valence-electron chi connectivity index (χ0n) is 11.7. The van der Waals surface area contributed by atoms with Crippen LogP contribution < -0.4 is 0 Å². The number of carbonyl (C=O) groups is 2. The molecule has 1 aromatic heterocycles. The molecule has 1 amide bonds. The minimum atomic E-state index is -0.749.